The summed E-state index contributed by atoms with van der Waals surface area (Å²) in [6, 6.07) is 1.39. The average molecular weight is 230 g/mol. The Kier molecular flexibility index (Phi) is 6.96. The lowest BCUT2D eigenvalue weighted by atomic mass is 10.2. The number of nitrogens with one attached hydrogen (secondary N) is 1. The standard InChI is InChI=1S/C12H26N2O2/c1-13-11-4-5-12(10-11)14(6-8-15-2)7-9-16-3/h11-13H,4-10H2,1-3H3. The van der Waals surface area contributed by atoms with Gasteiger partial charge in [-0.15, -0.1) is 0 Å². The van der Waals surface area contributed by atoms with Crippen LogP contribution in [0, 0.1) is 0 Å². The van der Waals surface area contributed by atoms with Crippen molar-refractivity contribution in [1.82, 2.24) is 10.2 Å². The summed E-state index contributed by atoms with van der Waals surface area (Å²) in [5, 5.41) is 3.37. The van der Waals surface area contributed by atoms with Gasteiger partial charge in [0.25, 0.3) is 0 Å². The van der Waals surface area contributed by atoms with E-state index in [9.17, 15) is 0 Å². The lowest BCUT2D eigenvalue weighted by Crippen LogP contribution is -2.39. The van der Waals surface area contributed by atoms with Gasteiger partial charge >= 0.3 is 0 Å². The molecule has 1 aliphatic carbocycles. The van der Waals surface area contributed by atoms with Crippen LogP contribution >= 0.6 is 0 Å². The topological polar surface area (TPSA) is 33.7 Å². The zero-order valence-corrected chi connectivity index (χ0v) is 10.9. The number of ether oxygens (including phenoxy) is 2. The molecule has 1 fully saturated rings. The van der Waals surface area contributed by atoms with E-state index in [-0.39, 0.29) is 0 Å². The van der Waals surface area contributed by atoms with Crippen LogP contribution in [0.25, 0.3) is 0 Å². The first kappa shape index (κ1) is 13.9. The summed E-state index contributed by atoms with van der Waals surface area (Å²) in [5.41, 5.74) is 0. The van der Waals surface area contributed by atoms with Gasteiger partial charge in [-0.3, -0.25) is 4.90 Å². The molecule has 0 aromatic carbocycles. The maximum atomic E-state index is 5.17. The molecular weight excluding hydrogens is 204 g/mol. The highest BCUT2D eigenvalue weighted by Gasteiger charge is 2.27. The minimum atomic E-state index is 0.692. The van der Waals surface area contributed by atoms with Crippen LogP contribution in [0.4, 0.5) is 0 Å². The second-order valence-electron chi connectivity index (χ2n) is 4.47. The van der Waals surface area contributed by atoms with Crippen molar-refractivity contribution in [3.05, 3.63) is 0 Å². The molecule has 1 rings (SSSR count). The molecule has 2 atom stereocenters. The fourth-order valence-corrected chi connectivity index (χ4v) is 2.45. The van der Waals surface area contributed by atoms with Gasteiger partial charge in [0.15, 0.2) is 0 Å². The highest BCUT2D eigenvalue weighted by Crippen LogP contribution is 2.23. The average Bonchev–Trinajstić information content (AvgIpc) is 2.78. The minimum absolute atomic E-state index is 0.692. The van der Waals surface area contributed by atoms with Gasteiger partial charge in [0.05, 0.1) is 13.2 Å². The molecular formula is C12H26N2O2. The van der Waals surface area contributed by atoms with E-state index < -0.39 is 0 Å². The maximum Gasteiger partial charge on any atom is 0.0589 e. The summed E-state index contributed by atoms with van der Waals surface area (Å²) in [4.78, 5) is 2.50. The van der Waals surface area contributed by atoms with Gasteiger partial charge in [-0.2, -0.15) is 0 Å². The van der Waals surface area contributed by atoms with Crippen LogP contribution in [0.2, 0.25) is 0 Å². The number of hydrogen-bond donors (Lipinski definition) is 1. The minimum Gasteiger partial charge on any atom is -0.383 e. The van der Waals surface area contributed by atoms with Crippen molar-refractivity contribution < 1.29 is 9.47 Å². The fraction of sp³-hybridized carbons (Fsp3) is 1.00. The van der Waals surface area contributed by atoms with Crippen molar-refractivity contribution in [3.63, 3.8) is 0 Å². The van der Waals surface area contributed by atoms with Crippen LogP contribution in [-0.2, 0) is 9.47 Å². The van der Waals surface area contributed by atoms with E-state index in [1.54, 1.807) is 14.2 Å². The quantitative estimate of drug-likeness (QED) is 0.666. The van der Waals surface area contributed by atoms with Gasteiger partial charge in [0.1, 0.15) is 0 Å². The Morgan fingerprint density at radius 1 is 1.12 bits per heavy atom. The summed E-state index contributed by atoms with van der Waals surface area (Å²) < 4.78 is 10.3. The predicted molar refractivity (Wildman–Crippen MR) is 65.8 cm³/mol. The van der Waals surface area contributed by atoms with Crippen LogP contribution in [0.5, 0.6) is 0 Å². The van der Waals surface area contributed by atoms with E-state index in [2.05, 4.69) is 17.3 Å². The molecule has 0 aromatic rings. The Balaban J connectivity index is 2.35. The summed E-state index contributed by atoms with van der Waals surface area (Å²) in [7, 11) is 5.58. The molecule has 0 radical (unpaired) electrons. The van der Waals surface area contributed by atoms with E-state index in [4.69, 9.17) is 9.47 Å². The number of nitrogens with zero attached hydrogens (tertiary/aromatic N) is 1. The van der Waals surface area contributed by atoms with Crippen LogP contribution in [0.3, 0.4) is 0 Å². The summed E-state index contributed by atoms with van der Waals surface area (Å²) in [6.45, 7) is 3.65. The smallest absolute Gasteiger partial charge is 0.0589 e. The largest absolute Gasteiger partial charge is 0.383 e. The first-order valence-corrected chi connectivity index (χ1v) is 6.21. The summed E-state index contributed by atoms with van der Waals surface area (Å²) in [6.07, 6.45) is 3.83. The molecule has 16 heavy (non-hydrogen) atoms. The van der Waals surface area contributed by atoms with Crippen LogP contribution in [0.15, 0.2) is 0 Å². The molecule has 96 valence electrons. The molecule has 4 heteroatoms. The fourth-order valence-electron chi connectivity index (χ4n) is 2.45. The molecule has 2 unspecified atom stereocenters. The number of methoxy groups -OCH3 is 2. The zero-order chi connectivity index (χ0) is 11.8. The van der Waals surface area contributed by atoms with Crippen molar-refractivity contribution in [3.8, 4) is 0 Å². The summed E-state index contributed by atoms with van der Waals surface area (Å²) >= 11 is 0. The van der Waals surface area contributed by atoms with Gasteiger partial charge in [-0.1, -0.05) is 0 Å². The summed E-state index contributed by atoms with van der Waals surface area (Å²) in [5.74, 6) is 0. The molecule has 0 bridgehead atoms. The zero-order valence-electron chi connectivity index (χ0n) is 10.9. The molecule has 0 spiro atoms. The van der Waals surface area contributed by atoms with Crippen molar-refractivity contribution in [2.75, 3.05) is 47.6 Å². The molecule has 0 amide bonds. The number of hydrogen-bond acceptors (Lipinski definition) is 4. The van der Waals surface area contributed by atoms with Gasteiger partial charge in [0, 0.05) is 39.4 Å². The first-order valence-electron chi connectivity index (χ1n) is 6.21. The van der Waals surface area contributed by atoms with Crippen molar-refractivity contribution in [2.24, 2.45) is 0 Å². The molecule has 1 saturated carbocycles. The Hall–Kier alpha value is -0.160. The highest BCUT2D eigenvalue weighted by atomic mass is 16.5. The Labute approximate surface area is 99.3 Å². The third-order valence-electron chi connectivity index (χ3n) is 3.49. The normalized spacial score (nSPS) is 25.5. The van der Waals surface area contributed by atoms with E-state index in [1.165, 1.54) is 19.3 Å². The molecule has 0 aromatic heterocycles. The van der Waals surface area contributed by atoms with Crippen LogP contribution in [0.1, 0.15) is 19.3 Å². The van der Waals surface area contributed by atoms with Crippen molar-refractivity contribution in [1.29, 1.82) is 0 Å². The van der Waals surface area contributed by atoms with Gasteiger partial charge in [-0.25, -0.2) is 0 Å². The third-order valence-corrected chi connectivity index (χ3v) is 3.49. The number of rotatable bonds is 8. The van der Waals surface area contributed by atoms with Crippen molar-refractivity contribution in [2.45, 2.75) is 31.3 Å². The molecule has 1 aliphatic rings. The van der Waals surface area contributed by atoms with Crippen LogP contribution < -0.4 is 5.32 Å². The third kappa shape index (κ3) is 4.37. The highest BCUT2D eigenvalue weighted by molar-refractivity contribution is 4.86. The molecule has 0 saturated heterocycles. The van der Waals surface area contributed by atoms with Gasteiger partial charge in [-0.05, 0) is 26.3 Å². The molecule has 0 heterocycles. The van der Waals surface area contributed by atoms with Crippen molar-refractivity contribution >= 4 is 0 Å². The van der Waals surface area contributed by atoms with E-state index in [1.807, 2.05) is 0 Å². The lowest BCUT2D eigenvalue weighted by Gasteiger charge is -2.28. The Morgan fingerprint density at radius 3 is 2.19 bits per heavy atom. The van der Waals surface area contributed by atoms with Crippen LogP contribution in [-0.4, -0.2) is 64.6 Å². The molecule has 0 aliphatic heterocycles. The molecule has 1 N–H and O–H groups in total. The first-order chi connectivity index (χ1) is 7.81. The lowest BCUT2D eigenvalue weighted by molar-refractivity contribution is 0.0881. The SMILES string of the molecule is CNC1CCC(N(CCOC)CCOC)C1. The van der Waals surface area contributed by atoms with E-state index >= 15 is 0 Å². The maximum absolute atomic E-state index is 5.17. The van der Waals surface area contributed by atoms with E-state index in [0.29, 0.717) is 12.1 Å². The predicted octanol–water partition coefficient (Wildman–Crippen LogP) is 0.722. The second-order valence-corrected chi connectivity index (χ2v) is 4.47. The second kappa shape index (κ2) is 8.01. The monoisotopic (exact) mass is 230 g/mol. The Bertz CT molecular complexity index is 170. The van der Waals surface area contributed by atoms with Gasteiger partial charge in [0.2, 0.25) is 0 Å². The molecule has 4 nitrogen and oxygen atoms in total. The van der Waals surface area contributed by atoms with E-state index in [0.717, 1.165) is 26.3 Å². The van der Waals surface area contributed by atoms with Gasteiger partial charge < -0.3 is 14.8 Å². The Morgan fingerprint density at radius 2 is 1.75 bits per heavy atom.